The van der Waals surface area contributed by atoms with Crippen molar-refractivity contribution in [1.82, 2.24) is 4.68 Å². The van der Waals surface area contributed by atoms with Gasteiger partial charge >= 0.3 is 6.09 Å². The molecule has 1 aliphatic carbocycles. The second kappa shape index (κ2) is 6.07. The largest absolute Gasteiger partial charge is 0.433 e. The summed E-state index contributed by atoms with van der Waals surface area (Å²) in [6.07, 6.45) is 1.32. The van der Waals surface area contributed by atoms with Crippen LogP contribution in [0.4, 0.5) is 10.5 Å². The third-order valence-corrected chi connectivity index (χ3v) is 3.65. The number of rotatable bonds is 5. The van der Waals surface area contributed by atoms with Crippen molar-refractivity contribution >= 4 is 23.6 Å². The summed E-state index contributed by atoms with van der Waals surface area (Å²) in [7, 11) is 0. The Balaban J connectivity index is 1.70. The minimum absolute atomic E-state index is 0.238. The van der Waals surface area contributed by atoms with Crippen molar-refractivity contribution in [2.45, 2.75) is 18.4 Å². The second-order valence-electron chi connectivity index (χ2n) is 5.44. The molecule has 1 saturated carbocycles. The highest BCUT2D eigenvalue weighted by Crippen LogP contribution is 2.40. The van der Waals surface area contributed by atoms with E-state index in [2.05, 4.69) is 10.7 Å². The standard InChI is InChI=1S/C16H16N4O4/c17-15(23)24-16(8-9-16)14(22)19-20-10-4-7-12(20)13(21)18-11-5-2-1-3-6-11/h1-7,10H,8-9H2,(H2,17,23)(H,18,21)(H,19,22). The fourth-order valence-corrected chi connectivity index (χ4v) is 2.27. The van der Waals surface area contributed by atoms with Gasteiger partial charge in [-0.25, -0.2) is 4.79 Å². The molecule has 2 aromatic rings. The summed E-state index contributed by atoms with van der Waals surface area (Å²) in [5.41, 5.74) is 7.17. The zero-order valence-corrected chi connectivity index (χ0v) is 12.7. The fraction of sp³-hybridized carbons (Fsp3) is 0.188. The molecule has 1 aromatic heterocycles. The molecule has 124 valence electrons. The van der Waals surface area contributed by atoms with Gasteiger partial charge in [0, 0.05) is 24.7 Å². The SMILES string of the molecule is NC(=O)OC1(C(=O)Nn2cccc2C(=O)Nc2ccccc2)CC1. The molecule has 3 rings (SSSR count). The van der Waals surface area contributed by atoms with E-state index in [4.69, 9.17) is 10.5 Å². The summed E-state index contributed by atoms with van der Waals surface area (Å²) in [5, 5.41) is 2.73. The molecule has 1 heterocycles. The maximum atomic E-state index is 12.3. The first-order valence-corrected chi connectivity index (χ1v) is 7.34. The summed E-state index contributed by atoms with van der Waals surface area (Å²) in [4.78, 5) is 35.5. The summed E-state index contributed by atoms with van der Waals surface area (Å²) < 4.78 is 6.15. The highest BCUT2D eigenvalue weighted by molar-refractivity contribution is 6.04. The van der Waals surface area contributed by atoms with E-state index >= 15 is 0 Å². The van der Waals surface area contributed by atoms with Crippen molar-refractivity contribution in [2.24, 2.45) is 5.73 Å². The van der Waals surface area contributed by atoms with Crippen LogP contribution >= 0.6 is 0 Å². The molecular formula is C16H16N4O4. The van der Waals surface area contributed by atoms with E-state index in [1.807, 2.05) is 6.07 Å². The van der Waals surface area contributed by atoms with Crippen molar-refractivity contribution in [1.29, 1.82) is 0 Å². The van der Waals surface area contributed by atoms with E-state index in [-0.39, 0.29) is 11.6 Å². The van der Waals surface area contributed by atoms with Crippen LogP contribution in [-0.2, 0) is 9.53 Å². The Kier molecular flexibility index (Phi) is 3.95. The van der Waals surface area contributed by atoms with Crippen LogP contribution in [0.15, 0.2) is 48.7 Å². The predicted octanol–water partition coefficient (Wildman–Crippen LogP) is 1.44. The molecule has 0 atom stereocenters. The quantitative estimate of drug-likeness (QED) is 0.770. The summed E-state index contributed by atoms with van der Waals surface area (Å²) in [5.74, 6) is -0.904. The number of amides is 3. The number of hydrogen-bond donors (Lipinski definition) is 3. The van der Waals surface area contributed by atoms with E-state index in [0.717, 1.165) is 0 Å². The topological polar surface area (TPSA) is 115 Å². The number of benzene rings is 1. The number of nitrogens with zero attached hydrogens (tertiary/aromatic N) is 1. The fourth-order valence-electron chi connectivity index (χ4n) is 2.27. The predicted molar refractivity (Wildman–Crippen MR) is 85.8 cm³/mol. The van der Waals surface area contributed by atoms with Gasteiger partial charge < -0.3 is 15.8 Å². The second-order valence-corrected chi connectivity index (χ2v) is 5.44. The summed E-state index contributed by atoms with van der Waals surface area (Å²) >= 11 is 0. The molecule has 1 aromatic carbocycles. The Morgan fingerprint density at radius 2 is 1.79 bits per heavy atom. The van der Waals surface area contributed by atoms with Gasteiger partial charge in [-0.2, -0.15) is 0 Å². The molecule has 0 unspecified atom stereocenters. The van der Waals surface area contributed by atoms with Gasteiger partial charge in [0.15, 0.2) is 5.60 Å². The van der Waals surface area contributed by atoms with Crippen LogP contribution in [0.2, 0.25) is 0 Å². The highest BCUT2D eigenvalue weighted by Gasteiger charge is 2.54. The molecule has 0 saturated heterocycles. The monoisotopic (exact) mass is 328 g/mol. The first-order valence-electron chi connectivity index (χ1n) is 7.34. The third-order valence-electron chi connectivity index (χ3n) is 3.65. The molecule has 0 bridgehead atoms. The van der Waals surface area contributed by atoms with E-state index in [1.165, 1.54) is 10.9 Å². The van der Waals surface area contributed by atoms with Crippen LogP contribution in [0, 0.1) is 0 Å². The van der Waals surface area contributed by atoms with Gasteiger partial charge in [-0.3, -0.25) is 19.7 Å². The summed E-state index contributed by atoms with van der Waals surface area (Å²) in [6.45, 7) is 0. The lowest BCUT2D eigenvalue weighted by atomic mass is 10.3. The van der Waals surface area contributed by atoms with Gasteiger partial charge in [0.25, 0.3) is 11.8 Å². The number of nitrogens with two attached hydrogens (primary N) is 1. The van der Waals surface area contributed by atoms with E-state index < -0.39 is 17.6 Å². The van der Waals surface area contributed by atoms with Gasteiger partial charge in [0.2, 0.25) is 0 Å². The number of primary amides is 1. The minimum atomic E-state index is -1.23. The van der Waals surface area contributed by atoms with Gasteiger partial charge in [-0.05, 0) is 24.3 Å². The molecule has 24 heavy (non-hydrogen) atoms. The molecule has 8 heteroatoms. The van der Waals surface area contributed by atoms with Crippen molar-refractivity contribution in [3.8, 4) is 0 Å². The van der Waals surface area contributed by atoms with Gasteiger partial charge in [-0.1, -0.05) is 18.2 Å². The number of ether oxygens (including phenoxy) is 1. The zero-order valence-electron chi connectivity index (χ0n) is 12.7. The van der Waals surface area contributed by atoms with Crippen LogP contribution in [0.5, 0.6) is 0 Å². The average molecular weight is 328 g/mol. The Bertz CT molecular complexity index is 780. The van der Waals surface area contributed by atoms with Gasteiger partial charge in [0.05, 0.1) is 0 Å². The number of anilines is 1. The van der Waals surface area contributed by atoms with Crippen molar-refractivity contribution in [3.05, 3.63) is 54.4 Å². The normalized spacial score (nSPS) is 14.5. The zero-order chi connectivity index (χ0) is 17.2. The van der Waals surface area contributed by atoms with Crippen LogP contribution in [0.25, 0.3) is 0 Å². The lowest BCUT2D eigenvalue weighted by molar-refractivity contribution is -0.127. The molecule has 3 amide bonds. The number of nitrogens with one attached hydrogen (secondary N) is 2. The Hall–Kier alpha value is -3.29. The van der Waals surface area contributed by atoms with E-state index in [0.29, 0.717) is 18.5 Å². The number of hydrogen-bond acceptors (Lipinski definition) is 4. The number of aromatic nitrogens is 1. The van der Waals surface area contributed by atoms with Crippen LogP contribution in [0.3, 0.4) is 0 Å². The molecule has 4 N–H and O–H groups in total. The van der Waals surface area contributed by atoms with E-state index in [9.17, 15) is 14.4 Å². The molecule has 0 aliphatic heterocycles. The first kappa shape index (κ1) is 15.6. The number of carbonyl (C=O) groups excluding carboxylic acids is 3. The lowest BCUT2D eigenvalue weighted by Crippen LogP contribution is -2.40. The maximum absolute atomic E-state index is 12.3. The number of para-hydroxylation sites is 1. The van der Waals surface area contributed by atoms with Crippen LogP contribution < -0.4 is 16.5 Å². The van der Waals surface area contributed by atoms with Crippen molar-refractivity contribution in [2.75, 3.05) is 10.7 Å². The maximum Gasteiger partial charge on any atom is 0.405 e. The molecular weight excluding hydrogens is 312 g/mol. The minimum Gasteiger partial charge on any atom is -0.433 e. The molecule has 0 radical (unpaired) electrons. The highest BCUT2D eigenvalue weighted by atomic mass is 16.6. The first-order chi connectivity index (χ1) is 11.5. The Morgan fingerprint density at radius 3 is 2.42 bits per heavy atom. The molecule has 0 spiro atoms. The number of carbonyl (C=O) groups is 3. The third kappa shape index (κ3) is 3.22. The van der Waals surface area contributed by atoms with Crippen molar-refractivity contribution < 1.29 is 19.1 Å². The molecule has 1 fully saturated rings. The molecule has 8 nitrogen and oxygen atoms in total. The molecule has 1 aliphatic rings. The van der Waals surface area contributed by atoms with E-state index in [1.54, 1.807) is 36.4 Å². The average Bonchev–Trinajstić information content (AvgIpc) is 3.17. The smallest absolute Gasteiger partial charge is 0.405 e. The Labute approximate surface area is 137 Å². The van der Waals surface area contributed by atoms with Gasteiger partial charge in [0.1, 0.15) is 5.69 Å². The van der Waals surface area contributed by atoms with Crippen LogP contribution in [0.1, 0.15) is 23.3 Å². The lowest BCUT2D eigenvalue weighted by Gasteiger charge is -2.17. The van der Waals surface area contributed by atoms with Crippen molar-refractivity contribution in [3.63, 3.8) is 0 Å². The summed E-state index contributed by atoms with van der Waals surface area (Å²) in [6, 6.07) is 12.1. The van der Waals surface area contributed by atoms with Gasteiger partial charge in [-0.15, -0.1) is 0 Å². The Morgan fingerprint density at radius 1 is 1.08 bits per heavy atom. The van der Waals surface area contributed by atoms with Crippen LogP contribution in [-0.4, -0.2) is 28.2 Å².